The molecule has 4 nitrogen and oxygen atoms in total. The van der Waals surface area contributed by atoms with E-state index in [1.54, 1.807) is 0 Å². The van der Waals surface area contributed by atoms with Gasteiger partial charge in [-0.3, -0.25) is 4.79 Å². The van der Waals surface area contributed by atoms with Crippen molar-refractivity contribution in [2.24, 2.45) is 11.7 Å². The number of benzene rings is 1. The largest absolute Gasteiger partial charge is 0.396 e. The summed E-state index contributed by atoms with van der Waals surface area (Å²) in [6.07, 6.45) is 2.20. The van der Waals surface area contributed by atoms with Crippen molar-refractivity contribution in [3.05, 3.63) is 35.9 Å². The Labute approximate surface area is 115 Å². The Hall–Kier alpha value is -1.39. The van der Waals surface area contributed by atoms with E-state index in [4.69, 9.17) is 10.8 Å². The van der Waals surface area contributed by atoms with Crippen LogP contribution in [0, 0.1) is 5.92 Å². The molecule has 2 atom stereocenters. The van der Waals surface area contributed by atoms with Crippen LogP contribution in [0.5, 0.6) is 0 Å². The maximum atomic E-state index is 11.9. The predicted molar refractivity (Wildman–Crippen MR) is 76.6 cm³/mol. The fourth-order valence-corrected chi connectivity index (χ4v) is 1.97. The summed E-state index contributed by atoms with van der Waals surface area (Å²) in [6.45, 7) is 2.79. The molecule has 0 bridgehead atoms. The smallest absolute Gasteiger partial charge is 0.237 e. The monoisotopic (exact) mass is 264 g/mol. The van der Waals surface area contributed by atoms with E-state index in [1.807, 2.05) is 30.3 Å². The third-order valence-corrected chi connectivity index (χ3v) is 3.31. The van der Waals surface area contributed by atoms with Gasteiger partial charge in [0.2, 0.25) is 5.91 Å². The first kappa shape index (κ1) is 15.7. The molecule has 0 spiro atoms. The van der Waals surface area contributed by atoms with Gasteiger partial charge in [-0.25, -0.2) is 0 Å². The molecule has 0 heterocycles. The van der Waals surface area contributed by atoms with Crippen LogP contribution >= 0.6 is 0 Å². The van der Waals surface area contributed by atoms with Gasteiger partial charge in [0.05, 0.1) is 6.04 Å². The lowest BCUT2D eigenvalue weighted by molar-refractivity contribution is -0.122. The van der Waals surface area contributed by atoms with Gasteiger partial charge in [0, 0.05) is 13.2 Å². The maximum Gasteiger partial charge on any atom is 0.237 e. The minimum atomic E-state index is -0.519. The van der Waals surface area contributed by atoms with Crippen molar-refractivity contribution >= 4 is 5.91 Å². The summed E-state index contributed by atoms with van der Waals surface area (Å²) >= 11 is 0. The number of nitrogens with two attached hydrogens (primary N) is 1. The number of hydrogen-bond donors (Lipinski definition) is 3. The maximum absolute atomic E-state index is 11.9. The van der Waals surface area contributed by atoms with Gasteiger partial charge in [0.1, 0.15) is 0 Å². The van der Waals surface area contributed by atoms with Crippen molar-refractivity contribution in [2.75, 3.05) is 13.2 Å². The minimum Gasteiger partial charge on any atom is -0.396 e. The van der Waals surface area contributed by atoms with Crippen molar-refractivity contribution in [1.82, 2.24) is 5.32 Å². The van der Waals surface area contributed by atoms with Crippen LogP contribution in [-0.2, 0) is 11.2 Å². The molecule has 0 aliphatic carbocycles. The number of nitrogens with one attached hydrogen (secondary N) is 1. The average molecular weight is 264 g/mol. The number of amides is 1. The van der Waals surface area contributed by atoms with Crippen molar-refractivity contribution < 1.29 is 9.90 Å². The molecule has 1 rings (SSSR count). The molecule has 0 aliphatic heterocycles. The molecular weight excluding hydrogens is 240 g/mol. The summed E-state index contributed by atoms with van der Waals surface area (Å²) in [5.74, 6) is 0.193. The van der Waals surface area contributed by atoms with E-state index in [-0.39, 0.29) is 12.5 Å². The topological polar surface area (TPSA) is 75.3 Å². The van der Waals surface area contributed by atoms with Crippen molar-refractivity contribution in [3.8, 4) is 0 Å². The molecule has 4 heteroatoms. The predicted octanol–water partition coefficient (Wildman–Crippen LogP) is 1.08. The quantitative estimate of drug-likeness (QED) is 0.657. The van der Waals surface area contributed by atoms with Gasteiger partial charge >= 0.3 is 0 Å². The van der Waals surface area contributed by atoms with Crippen LogP contribution in [0.1, 0.15) is 25.3 Å². The van der Waals surface area contributed by atoms with Gasteiger partial charge < -0.3 is 16.2 Å². The molecule has 1 aromatic carbocycles. The zero-order chi connectivity index (χ0) is 14.1. The standard InChI is InChI=1S/C15H24N2O2/c1-2-12(8-9-18)11-17-15(19)14(16)10-13-6-4-3-5-7-13/h3-7,12,14,18H,2,8-11,16H2,1H3,(H,17,19). The highest BCUT2D eigenvalue weighted by Crippen LogP contribution is 2.06. The van der Waals surface area contributed by atoms with Crippen LogP contribution < -0.4 is 11.1 Å². The van der Waals surface area contributed by atoms with Crippen molar-refractivity contribution in [1.29, 1.82) is 0 Å². The summed E-state index contributed by atoms with van der Waals surface area (Å²) in [6, 6.07) is 9.23. The molecule has 0 radical (unpaired) electrons. The second kappa shape index (κ2) is 8.67. The van der Waals surface area contributed by atoms with Gasteiger partial charge in [0.25, 0.3) is 0 Å². The third-order valence-electron chi connectivity index (χ3n) is 3.31. The molecule has 1 amide bonds. The van der Waals surface area contributed by atoms with E-state index in [0.717, 1.165) is 12.0 Å². The SMILES string of the molecule is CCC(CCO)CNC(=O)C(N)Cc1ccccc1. The lowest BCUT2D eigenvalue weighted by atomic mass is 10.0. The molecule has 0 saturated heterocycles. The Morgan fingerprint density at radius 3 is 2.63 bits per heavy atom. The first-order valence-corrected chi connectivity index (χ1v) is 6.85. The van der Waals surface area contributed by atoms with Crippen LogP contribution in [-0.4, -0.2) is 30.2 Å². The Morgan fingerprint density at radius 2 is 2.05 bits per heavy atom. The zero-order valence-corrected chi connectivity index (χ0v) is 11.5. The van der Waals surface area contributed by atoms with Crippen molar-refractivity contribution in [2.45, 2.75) is 32.2 Å². The van der Waals surface area contributed by atoms with Gasteiger partial charge in [-0.05, 0) is 24.3 Å². The number of aliphatic hydroxyl groups is 1. The Kier molecular flexibility index (Phi) is 7.15. The van der Waals surface area contributed by atoms with Gasteiger partial charge in [0.15, 0.2) is 0 Å². The van der Waals surface area contributed by atoms with Gasteiger partial charge in [-0.1, -0.05) is 43.7 Å². The highest BCUT2D eigenvalue weighted by Gasteiger charge is 2.15. The number of hydrogen-bond acceptors (Lipinski definition) is 3. The van der Waals surface area contributed by atoms with E-state index < -0.39 is 6.04 Å². The third kappa shape index (κ3) is 5.85. The Morgan fingerprint density at radius 1 is 1.37 bits per heavy atom. The van der Waals surface area contributed by atoms with Crippen molar-refractivity contribution in [3.63, 3.8) is 0 Å². The van der Waals surface area contributed by atoms with E-state index in [2.05, 4.69) is 12.2 Å². The average Bonchev–Trinajstić information content (AvgIpc) is 2.44. The highest BCUT2D eigenvalue weighted by atomic mass is 16.3. The Balaban J connectivity index is 2.36. The highest BCUT2D eigenvalue weighted by molar-refractivity contribution is 5.81. The van der Waals surface area contributed by atoms with Crippen LogP contribution in [0.4, 0.5) is 0 Å². The molecule has 2 unspecified atom stereocenters. The summed E-state index contributed by atoms with van der Waals surface area (Å²) in [4.78, 5) is 11.9. The van der Waals surface area contributed by atoms with E-state index in [0.29, 0.717) is 25.3 Å². The normalized spacial score (nSPS) is 13.8. The number of carbonyl (C=O) groups excluding carboxylic acids is 1. The first-order valence-electron chi connectivity index (χ1n) is 6.85. The molecule has 0 aromatic heterocycles. The van der Waals surface area contributed by atoms with Gasteiger partial charge in [-0.2, -0.15) is 0 Å². The second-order valence-corrected chi connectivity index (χ2v) is 4.83. The molecule has 106 valence electrons. The second-order valence-electron chi connectivity index (χ2n) is 4.83. The molecule has 1 aromatic rings. The summed E-state index contributed by atoms with van der Waals surface area (Å²) < 4.78 is 0. The molecule has 0 saturated carbocycles. The molecule has 19 heavy (non-hydrogen) atoms. The molecule has 0 aliphatic rings. The first-order chi connectivity index (χ1) is 9.17. The van der Waals surface area contributed by atoms with Crippen LogP contribution in [0.25, 0.3) is 0 Å². The van der Waals surface area contributed by atoms with E-state index in [1.165, 1.54) is 0 Å². The van der Waals surface area contributed by atoms with E-state index in [9.17, 15) is 4.79 Å². The van der Waals surface area contributed by atoms with Crippen LogP contribution in [0.3, 0.4) is 0 Å². The molecule has 0 fully saturated rings. The van der Waals surface area contributed by atoms with Crippen LogP contribution in [0.2, 0.25) is 0 Å². The molecule has 4 N–H and O–H groups in total. The summed E-state index contributed by atoms with van der Waals surface area (Å²) in [5, 5.41) is 11.8. The van der Waals surface area contributed by atoms with Crippen LogP contribution in [0.15, 0.2) is 30.3 Å². The number of rotatable bonds is 8. The lowest BCUT2D eigenvalue weighted by Crippen LogP contribution is -2.43. The fourth-order valence-electron chi connectivity index (χ4n) is 1.97. The summed E-state index contributed by atoms with van der Waals surface area (Å²) in [7, 11) is 0. The number of carbonyl (C=O) groups is 1. The van der Waals surface area contributed by atoms with E-state index >= 15 is 0 Å². The Bertz CT molecular complexity index is 368. The lowest BCUT2D eigenvalue weighted by Gasteiger charge is -2.17. The summed E-state index contributed by atoms with van der Waals surface area (Å²) in [5.41, 5.74) is 6.95. The minimum absolute atomic E-state index is 0.125. The zero-order valence-electron chi connectivity index (χ0n) is 11.5. The molecular formula is C15H24N2O2. The van der Waals surface area contributed by atoms with Gasteiger partial charge in [-0.15, -0.1) is 0 Å². The fraction of sp³-hybridized carbons (Fsp3) is 0.533. The number of aliphatic hydroxyl groups excluding tert-OH is 1.